The molecule has 28 heavy (non-hydrogen) atoms. The van der Waals surface area contributed by atoms with Crippen LogP contribution in [-0.4, -0.2) is 44.8 Å². The van der Waals surface area contributed by atoms with Crippen molar-refractivity contribution in [2.45, 2.75) is 37.0 Å². The van der Waals surface area contributed by atoms with Crippen molar-refractivity contribution >= 4 is 15.7 Å². The SMILES string of the molecule is NC/C(=C\F)COc1ccc(S(=O)(=O)CN2CCC3(CCCC3)C2=O)c(F)c1. The van der Waals surface area contributed by atoms with Gasteiger partial charge in [-0.2, -0.15) is 0 Å². The smallest absolute Gasteiger partial charge is 0.229 e. The molecular formula is C19H24F2N2O4S. The van der Waals surface area contributed by atoms with Crippen molar-refractivity contribution in [3.05, 3.63) is 35.9 Å². The van der Waals surface area contributed by atoms with E-state index in [4.69, 9.17) is 10.5 Å². The third-order valence-corrected chi connectivity index (χ3v) is 7.22. The summed E-state index contributed by atoms with van der Waals surface area (Å²) in [6, 6.07) is 3.34. The Morgan fingerprint density at radius 3 is 2.61 bits per heavy atom. The van der Waals surface area contributed by atoms with Crippen LogP contribution in [-0.2, 0) is 14.6 Å². The van der Waals surface area contributed by atoms with Crippen LogP contribution in [0, 0.1) is 11.2 Å². The lowest BCUT2D eigenvalue weighted by Gasteiger charge is -2.22. The fraction of sp³-hybridized carbons (Fsp3) is 0.526. The number of rotatable bonds is 7. The first kappa shape index (κ1) is 20.7. The number of ether oxygens (including phenoxy) is 1. The normalized spacial score (nSPS) is 19.6. The molecule has 9 heteroatoms. The highest BCUT2D eigenvalue weighted by Gasteiger charge is 2.48. The highest BCUT2D eigenvalue weighted by Crippen LogP contribution is 2.46. The number of benzene rings is 1. The van der Waals surface area contributed by atoms with Crippen molar-refractivity contribution in [1.29, 1.82) is 0 Å². The number of sulfone groups is 1. The summed E-state index contributed by atoms with van der Waals surface area (Å²) in [4.78, 5) is 13.5. The van der Waals surface area contributed by atoms with Crippen molar-refractivity contribution in [3.63, 3.8) is 0 Å². The minimum atomic E-state index is -4.03. The quantitative estimate of drug-likeness (QED) is 0.741. The molecular weight excluding hydrogens is 390 g/mol. The van der Waals surface area contributed by atoms with Crippen molar-refractivity contribution < 1.29 is 26.7 Å². The molecule has 1 saturated carbocycles. The molecule has 1 saturated heterocycles. The van der Waals surface area contributed by atoms with Gasteiger partial charge in [-0.1, -0.05) is 12.8 Å². The van der Waals surface area contributed by atoms with Crippen LogP contribution in [0.1, 0.15) is 32.1 Å². The van der Waals surface area contributed by atoms with Gasteiger partial charge in [0.25, 0.3) is 0 Å². The highest BCUT2D eigenvalue weighted by molar-refractivity contribution is 7.91. The molecule has 3 rings (SSSR count). The second-order valence-electron chi connectivity index (χ2n) is 7.40. The predicted molar refractivity (Wildman–Crippen MR) is 99.4 cm³/mol. The summed E-state index contributed by atoms with van der Waals surface area (Å²) in [6.07, 6.45) is 4.51. The lowest BCUT2D eigenvalue weighted by atomic mass is 9.85. The zero-order chi connectivity index (χ0) is 20.4. The van der Waals surface area contributed by atoms with Gasteiger partial charge in [-0.25, -0.2) is 17.2 Å². The maximum Gasteiger partial charge on any atom is 0.229 e. The first-order chi connectivity index (χ1) is 13.3. The van der Waals surface area contributed by atoms with E-state index in [1.54, 1.807) is 0 Å². The van der Waals surface area contributed by atoms with Gasteiger partial charge in [0.05, 0.1) is 11.7 Å². The Labute approximate surface area is 163 Å². The van der Waals surface area contributed by atoms with E-state index >= 15 is 0 Å². The zero-order valence-corrected chi connectivity index (χ0v) is 16.3. The third kappa shape index (κ3) is 4.05. The van der Waals surface area contributed by atoms with Gasteiger partial charge in [-0.3, -0.25) is 4.79 Å². The van der Waals surface area contributed by atoms with E-state index in [1.807, 2.05) is 0 Å². The van der Waals surface area contributed by atoms with Crippen LogP contribution in [0.5, 0.6) is 5.75 Å². The third-order valence-electron chi connectivity index (χ3n) is 5.57. The van der Waals surface area contributed by atoms with E-state index in [-0.39, 0.29) is 30.4 Å². The van der Waals surface area contributed by atoms with Crippen LogP contribution in [0.3, 0.4) is 0 Å². The number of likely N-dealkylation sites (tertiary alicyclic amines) is 1. The number of nitrogens with two attached hydrogens (primary N) is 1. The van der Waals surface area contributed by atoms with E-state index in [9.17, 15) is 22.0 Å². The lowest BCUT2D eigenvalue weighted by molar-refractivity contribution is -0.135. The van der Waals surface area contributed by atoms with Gasteiger partial charge in [0.15, 0.2) is 9.84 Å². The topological polar surface area (TPSA) is 89.7 Å². The van der Waals surface area contributed by atoms with Gasteiger partial charge in [0.2, 0.25) is 5.91 Å². The Kier molecular flexibility index (Phi) is 6.04. The largest absolute Gasteiger partial charge is 0.489 e. The van der Waals surface area contributed by atoms with Crippen LogP contribution in [0.2, 0.25) is 0 Å². The van der Waals surface area contributed by atoms with E-state index in [0.29, 0.717) is 19.3 Å². The Balaban J connectivity index is 1.71. The lowest BCUT2D eigenvalue weighted by Crippen LogP contribution is -2.36. The summed E-state index contributed by atoms with van der Waals surface area (Å²) >= 11 is 0. The molecule has 1 amide bonds. The van der Waals surface area contributed by atoms with Crippen LogP contribution in [0.25, 0.3) is 0 Å². The minimum absolute atomic E-state index is 0.0448. The van der Waals surface area contributed by atoms with Crippen molar-refractivity contribution in [3.8, 4) is 5.75 Å². The maximum absolute atomic E-state index is 14.4. The molecule has 1 aliphatic carbocycles. The van der Waals surface area contributed by atoms with Crippen LogP contribution in [0.15, 0.2) is 35.0 Å². The van der Waals surface area contributed by atoms with Gasteiger partial charge >= 0.3 is 0 Å². The van der Waals surface area contributed by atoms with Crippen molar-refractivity contribution in [1.82, 2.24) is 4.90 Å². The summed E-state index contributed by atoms with van der Waals surface area (Å²) < 4.78 is 57.5. The summed E-state index contributed by atoms with van der Waals surface area (Å²) in [5.41, 5.74) is 5.08. The van der Waals surface area contributed by atoms with Crippen molar-refractivity contribution in [2.24, 2.45) is 11.1 Å². The summed E-state index contributed by atoms with van der Waals surface area (Å²) in [5, 5.41) is 0. The highest BCUT2D eigenvalue weighted by atomic mass is 32.2. The molecule has 154 valence electrons. The molecule has 6 nitrogen and oxygen atoms in total. The van der Waals surface area contributed by atoms with E-state index in [0.717, 1.165) is 37.8 Å². The zero-order valence-electron chi connectivity index (χ0n) is 15.5. The standard InChI is InChI=1S/C19H24F2N2O4S/c20-10-14(11-22)12-27-15-3-4-17(16(21)9-15)28(25,26)13-23-8-7-19(18(23)24)5-1-2-6-19/h3-4,9-10H,1-2,5-8,11-13,22H2/b14-10+. The first-order valence-electron chi connectivity index (χ1n) is 9.24. The minimum Gasteiger partial charge on any atom is -0.489 e. The Hall–Kier alpha value is -2.00. The van der Waals surface area contributed by atoms with Crippen LogP contribution in [0.4, 0.5) is 8.78 Å². The average Bonchev–Trinajstić information content (AvgIpc) is 3.25. The molecule has 0 atom stereocenters. The van der Waals surface area contributed by atoms with Crippen LogP contribution >= 0.6 is 0 Å². The van der Waals surface area contributed by atoms with Crippen LogP contribution < -0.4 is 10.5 Å². The number of hydrogen-bond acceptors (Lipinski definition) is 5. The summed E-state index contributed by atoms with van der Waals surface area (Å²) in [7, 11) is -4.03. The average molecular weight is 414 g/mol. The number of halogens is 2. The van der Waals surface area contributed by atoms with Gasteiger partial charge < -0.3 is 15.4 Å². The molecule has 0 unspecified atom stereocenters. The fourth-order valence-electron chi connectivity index (χ4n) is 3.94. The molecule has 2 N–H and O–H groups in total. The van der Waals surface area contributed by atoms with E-state index in [2.05, 4.69) is 0 Å². The molecule has 1 spiro atoms. The number of carbonyl (C=O) groups is 1. The predicted octanol–water partition coefficient (Wildman–Crippen LogP) is 2.54. The maximum atomic E-state index is 14.4. The second kappa shape index (κ2) is 8.16. The molecule has 2 aliphatic rings. The molecule has 0 bridgehead atoms. The Bertz CT molecular complexity index is 880. The fourth-order valence-corrected chi connectivity index (χ4v) is 5.37. The molecule has 0 radical (unpaired) electrons. The van der Waals surface area contributed by atoms with Gasteiger partial charge in [-0.15, -0.1) is 0 Å². The van der Waals surface area contributed by atoms with Gasteiger partial charge in [0.1, 0.15) is 28.9 Å². The van der Waals surface area contributed by atoms with E-state index in [1.165, 1.54) is 11.0 Å². The second-order valence-corrected chi connectivity index (χ2v) is 9.33. The molecule has 1 aliphatic heterocycles. The van der Waals surface area contributed by atoms with Gasteiger partial charge in [0, 0.05) is 24.7 Å². The number of carbonyl (C=O) groups excluding carboxylic acids is 1. The molecule has 2 fully saturated rings. The Morgan fingerprint density at radius 2 is 2.00 bits per heavy atom. The summed E-state index contributed by atoms with van der Waals surface area (Å²) in [6.45, 7) is 0.165. The monoisotopic (exact) mass is 414 g/mol. The number of nitrogens with zero attached hydrogens (tertiary/aromatic N) is 1. The number of amides is 1. The van der Waals surface area contributed by atoms with Gasteiger partial charge in [-0.05, 0) is 31.4 Å². The molecule has 1 heterocycles. The summed E-state index contributed by atoms with van der Waals surface area (Å²) in [5.74, 6) is -1.59. The molecule has 0 aromatic heterocycles. The molecule has 1 aromatic rings. The van der Waals surface area contributed by atoms with E-state index < -0.39 is 31.8 Å². The molecule has 1 aromatic carbocycles. The first-order valence-corrected chi connectivity index (χ1v) is 10.9. The van der Waals surface area contributed by atoms with Crippen molar-refractivity contribution in [2.75, 3.05) is 25.6 Å². The Morgan fingerprint density at radius 1 is 1.29 bits per heavy atom. The number of hydrogen-bond donors (Lipinski definition) is 1.